The fourth-order valence-corrected chi connectivity index (χ4v) is 1.20. The van der Waals surface area contributed by atoms with Crippen LogP contribution in [-0.4, -0.2) is 18.7 Å². The van der Waals surface area contributed by atoms with Crippen molar-refractivity contribution < 1.29 is 18.4 Å². The van der Waals surface area contributed by atoms with Crippen LogP contribution in [0.25, 0.3) is 0 Å². The molecule has 0 fully saturated rings. The number of benzene rings is 1. The Morgan fingerprint density at radius 3 is 2.56 bits per heavy atom. The predicted octanol–water partition coefficient (Wildman–Crippen LogP) is 1.67. The van der Waals surface area contributed by atoms with E-state index in [1.165, 1.54) is 7.05 Å². The normalized spacial score (nSPS) is 9.94. The van der Waals surface area contributed by atoms with Crippen molar-refractivity contribution in [1.29, 1.82) is 0 Å². The average Bonchev–Trinajstić information content (AvgIpc) is 2.28. The number of hydrogen-bond acceptors (Lipinski definition) is 2. The van der Waals surface area contributed by atoms with Gasteiger partial charge in [0.05, 0.1) is 5.56 Å². The molecule has 86 valence electrons. The van der Waals surface area contributed by atoms with Crippen LogP contribution in [0.2, 0.25) is 0 Å². The van der Waals surface area contributed by atoms with Crippen LogP contribution in [0.4, 0.5) is 8.78 Å². The van der Waals surface area contributed by atoms with Crippen molar-refractivity contribution in [2.45, 2.75) is 12.8 Å². The predicted molar refractivity (Wildman–Crippen MR) is 54.0 cm³/mol. The molecule has 1 amide bonds. The maximum absolute atomic E-state index is 13.1. The molecule has 0 saturated carbocycles. The first-order valence-electron chi connectivity index (χ1n) is 4.73. The topological polar surface area (TPSA) is 46.2 Å². The zero-order chi connectivity index (χ0) is 12.1. The lowest BCUT2D eigenvalue weighted by atomic mass is 10.1. The molecule has 1 aromatic rings. The quantitative estimate of drug-likeness (QED) is 0.795. The van der Waals surface area contributed by atoms with Crippen molar-refractivity contribution in [3.05, 3.63) is 35.4 Å². The van der Waals surface area contributed by atoms with Crippen LogP contribution in [-0.2, 0) is 4.79 Å². The summed E-state index contributed by atoms with van der Waals surface area (Å²) in [6, 6.07) is 2.66. The molecular weight excluding hydrogens is 216 g/mol. The number of carbonyl (C=O) groups excluding carboxylic acids is 2. The summed E-state index contributed by atoms with van der Waals surface area (Å²) in [7, 11) is 1.44. The van der Waals surface area contributed by atoms with E-state index in [0.29, 0.717) is 0 Å². The Balaban J connectivity index is 2.73. The molecule has 0 saturated heterocycles. The lowest BCUT2D eigenvalue weighted by molar-refractivity contribution is -0.120. The van der Waals surface area contributed by atoms with Gasteiger partial charge in [0.2, 0.25) is 5.91 Å². The summed E-state index contributed by atoms with van der Waals surface area (Å²) in [5, 5.41) is 2.34. The van der Waals surface area contributed by atoms with E-state index >= 15 is 0 Å². The molecule has 0 aromatic heterocycles. The van der Waals surface area contributed by atoms with Crippen molar-refractivity contribution >= 4 is 11.7 Å². The van der Waals surface area contributed by atoms with Crippen molar-refractivity contribution in [2.75, 3.05) is 7.05 Å². The highest BCUT2D eigenvalue weighted by atomic mass is 19.1. The first-order valence-corrected chi connectivity index (χ1v) is 4.73. The Labute approximate surface area is 91.5 Å². The van der Waals surface area contributed by atoms with Gasteiger partial charge in [-0.2, -0.15) is 0 Å². The number of rotatable bonds is 4. The van der Waals surface area contributed by atoms with E-state index in [0.717, 1.165) is 18.2 Å². The van der Waals surface area contributed by atoms with Crippen molar-refractivity contribution in [3.63, 3.8) is 0 Å². The smallest absolute Gasteiger partial charge is 0.220 e. The number of nitrogens with one attached hydrogen (secondary N) is 1. The van der Waals surface area contributed by atoms with Crippen LogP contribution in [0.5, 0.6) is 0 Å². The minimum Gasteiger partial charge on any atom is -0.359 e. The van der Waals surface area contributed by atoms with E-state index in [1.807, 2.05) is 0 Å². The van der Waals surface area contributed by atoms with Crippen molar-refractivity contribution in [1.82, 2.24) is 5.32 Å². The summed E-state index contributed by atoms with van der Waals surface area (Å²) in [5.41, 5.74) is -0.316. The van der Waals surface area contributed by atoms with Crippen molar-refractivity contribution in [3.8, 4) is 0 Å². The Hall–Kier alpha value is -1.78. The van der Waals surface area contributed by atoms with E-state index in [9.17, 15) is 18.4 Å². The summed E-state index contributed by atoms with van der Waals surface area (Å²) in [4.78, 5) is 22.3. The third kappa shape index (κ3) is 3.12. The van der Waals surface area contributed by atoms with Gasteiger partial charge in [0.1, 0.15) is 11.6 Å². The van der Waals surface area contributed by atoms with Gasteiger partial charge in [0.15, 0.2) is 5.78 Å². The maximum atomic E-state index is 13.1. The lowest BCUT2D eigenvalue weighted by Gasteiger charge is -2.02. The molecule has 0 aliphatic heterocycles. The van der Waals surface area contributed by atoms with Gasteiger partial charge in [-0.15, -0.1) is 0 Å². The molecule has 0 unspecified atom stereocenters. The first-order chi connectivity index (χ1) is 7.54. The van der Waals surface area contributed by atoms with Gasteiger partial charge in [0, 0.05) is 19.9 Å². The molecule has 3 nitrogen and oxygen atoms in total. The Bertz CT molecular complexity index is 418. The number of carbonyl (C=O) groups is 2. The summed E-state index contributed by atoms with van der Waals surface area (Å²) < 4.78 is 25.9. The zero-order valence-corrected chi connectivity index (χ0v) is 8.72. The van der Waals surface area contributed by atoms with E-state index in [4.69, 9.17) is 0 Å². The van der Waals surface area contributed by atoms with Gasteiger partial charge < -0.3 is 5.32 Å². The molecule has 16 heavy (non-hydrogen) atoms. The molecule has 1 rings (SSSR count). The number of Topliss-reactive ketones (excluding diaryl/α,β-unsaturated/α-hetero) is 1. The van der Waals surface area contributed by atoms with Gasteiger partial charge in [-0.1, -0.05) is 0 Å². The van der Waals surface area contributed by atoms with Crippen LogP contribution in [0, 0.1) is 11.6 Å². The zero-order valence-electron chi connectivity index (χ0n) is 8.72. The third-order valence-electron chi connectivity index (χ3n) is 2.09. The van der Waals surface area contributed by atoms with Crippen LogP contribution in [0.3, 0.4) is 0 Å². The summed E-state index contributed by atoms with van der Waals surface area (Å²) in [6.07, 6.45) is -0.175. The minimum atomic E-state index is -0.775. The SMILES string of the molecule is CNC(=O)CCC(=O)c1cc(F)ccc1F. The molecule has 0 atom stereocenters. The molecule has 0 heterocycles. The third-order valence-corrected chi connectivity index (χ3v) is 2.09. The van der Waals surface area contributed by atoms with Crippen LogP contribution in [0.15, 0.2) is 18.2 Å². The Morgan fingerprint density at radius 1 is 1.25 bits per heavy atom. The van der Waals surface area contributed by atoms with Gasteiger partial charge in [-0.3, -0.25) is 9.59 Å². The molecule has 1 N–H and O–H groups in total. The molecule has 1 aromatic carbocycles. The highest BCUT2D eigenvalue weighted by Gasteiger charge is 2.13. The van der Waals surface area contributed by atoms with E-state index in [-0.39, 0.29) is 24.3 Å². The molecule has 0 spiro atoms. The van der Waals surface area contributed by atoms with E-state index < -0.39 is 17.4 Å². The molecular formula is C11H11F2NO2. The molecule has 0 radical (unpaired) electrons. The second kappa shape index (κ2) is 5.34. The lowest BCUT2D eigenvalue weighted by Crippen LogP contribution is -2.18. The summed E-state index contributed by atoms with van der Waals surface area (Å²) in [6.45, 7) is 0. The number of hydrogen-bond donors (Lipinski definition) is 1. The second-order valence-corrected chi connectivity index (χ2v) is 3.22. The Morgan fingerprint density at radius 2 is 1.94 bits per heavy atom. The van der Waals surface area contributed by atoms with Gasteiger partial charge in [-0.05, 0) is 18.2 Å². The average molecular weight is 227 g/mol. The summed E-state index contributed by atoms with van der Waals surface area (Å²) in [5.74, 6) is -2.35. The van der Waals surface area contributed by atoms with Crippen LogP contribution < -0.4 is 5.32 Å². The fourth-order valence-electron chi connectivity index (χ4n) is 1.20. The van der Waals surface area contributed by atoms with E-state index in [1.54, 1.807) is 0 Å². The molecule has 0 bridgehead atoms. The van der Waals surface area contributed by atoms with Crippen molar-refractivity contribution in [2.24, 2.45) is 0 Å². The van der Waals surface area contributed by atoms with E-state index in [2.05, 4.69) is 5.32 Å². The van der Waals surface area contributed by atoms with Gasteiger partial charge >= 0.3 is 0 Å². The molecule has 5 heteroatoms. The molecule has 0 aliphatic rings. The minimum absolute atomic E-state index is 0.0364. The fraction of sp³-hybridized carbons (Fsp3) is 0.273. The maximum Gasteiger partial charge on any atom is 0.220 e. The number of halogens is 2. The summed E-state index contributed by atoms with van der Waals surface area (Å²) >= 11 is 0. The standard InChI is InChI=1S/C11H11F2NO2/c1-14-11(16)5-4-10(15)8-6-7(12)2-3-9(8)13/h2-3,6H,4-5H2,1H3,(H,14,16). The second-order valence-electron chi connectivity index (χ2n) is 3.22. The van der Waals surface area contributed by atoms with Crippen LogP contribution in [0.1, 0.15) is 23.2 Å². The number of amides is 1. The number of ketones is 1. The highest BCUT2D eigenvalue weighted by Crippen LogP contribution is 2.12. The highest BCUT2D eigenvalue weighted by molar-refractivity contribution is 5.98. The van der Waals surface area contributed by atoms with Gasteiger partial charge in [0.25, 0.3) is 0 Å². The molecule has 0 aliphatic carbocycles. The first kappa shape index (κ1) is 12.3. The monoisotopic (exact) mass is 227 g/mol. The Kier molecular flexibility index (Phi) is 4.10. The van der Waals surface area contributed by atoms with Gasteiger partial charge in [-0.25, -0.2) is 8.78 Å². The largest absolute Gasteiger partial charge is 0.359 e. The van der Waals surface area contributed by atoms with Crippen LogP contribution >= 0.6 is 0 Å².